The third kappa shape index (κ3) is 3.56. The van der Waals surface area contributed by atoms with Gasteiger partial charge in [-0.3, -0.25) is 9.88 Å². The minimum atomic E-state index is -0.121. The normalized spacial score (nSPS) is 17.9. The molecule has 0 aliphatic carbocycles. The van der Waals surface area contributed by atoms with E-state index < -0.39 is 0 Å². The van der Waals surface area contributed by atoms with Gasteiger partial charge in [0.1, 0.15) is 0 Å². The Kier molecular flexibility index (Phi) is 6.14. The first kappa shape index (κ1) is 15.0. The summed E-state index contributed by atoms with van der Waals surface area (Å²) in [5.41, 5.74) is 2.61. The molecule has 4 atom stereocenters. The van der Waals surface area contributed by atoms with Crippen LogP contribution in [0.15, 0.2) is 18.3 Å². The zero-order valence-electron chi connectivity index (χ0n) is 10.6. The fourth-order valence-electron chi connectivity index (χ4n) is 2.19. The van der Waals surface area contributed by atoms with Gasteiger partial charge in [-0.05, 0) is 37.7 Å². The first-order valence-corrected chi connectivity index (χ1v) is 12.7. The van der Waals surface area contributed by atoms with Crippen molar-refractivity contribution in [2.75, 3.05) is 13.1 Å². The second kappa shape index (κ2) is 7.38. The summed E-state index contributed by atoms with van der Waals surface area (Å²) in [5.74, 6) is 0. The van der Waals surface area contributed by atoms with E-state index in [0.717, 1.165) is 27.6 Å². The van der Waals surface area contributed by atoms with Gasteiger partial charge in [0.2, 0.25) is 0 Å². The minimum absolute atomic E-state index is 0.121. The molecule has 0 aromatic carbocycles. The summed E-state index contributed by atoms with van der Waals surface area (Å²) in [5, 5.41) is 1.50. The molecule has 0 bridgehead atoms. The lowest BCUT2D eigenvalue weighted by Gasteiger charge is -2.22. The second-order valence-corrected chi connectivity index (χ2v) is 13.5. The first-order chi connectivity index (χ1) is 8.76. The Morgan fingerprint density at radius 2 is 2.39 bits per heavy atom. The summed E-state index contributed by atoms with van der Waals surface area (Å²) in [4.78, 5) is 7.04. The van der Waals surface area contributed by atoms with Gasteiger partial charge >= 0.3 is 0 Å². The number of hydrogen-bond acceptors (Lipinski definition) is 2. The number of rotatable bonds is 4. The molecule has 2 rings (SSSR count). The van der Waals surface area contributed by atoms with Crippen molar-refractivity contribution in [2.45, 2.75) is 19.9 Å². The second-order valence-electron chi connectivity index (χ2n) is 4.33. The van der Waals surface area contributed by atoms with Crippen LogP contribution in [0.25, 0.3) is 6.08 Å². The maximum Gasteiger partial charge on any atom is 0.0678 e. The average molecular weight is 316 g/mol. The lowest BCUT2D eigenvalue weighted by Crippen LogP contribution is -2.26. The lowest BCUT2D eigenvalue weighted by molar-refractivity contribution is 0.297. The molecule has 1 aromatic rings. The van der Waals surface area contributed by atoms with Crippen LogP contribution >= 0.6 is 33.1 Å². The number of hydrogen-bond donors (Lipinski definition) is 0. The molecular formula is C12H20N2P4. The van der Waals surface area contributed by atoms with Gasteiger partial charge in [-0.15, -0.1) is 17.9 Å². The summed E-state index contributed by atoms with van der Waals surface area (Å²) in [7, 11) is 6.68. The van der Waals surface area contributed by atoms with Gasteiger partial charge < -0.3 is 0 Å². The molecule has 1 aromatic heterocycles. The molecular weight excluding hydrogens is 296 g/mol. The summed E-state index contributed by atoms with van der Waals surface area (Å²) in [6.45, 7) is 5.49. The number of fused-ring (bicyclic) bond motifs is 1. The van der Waals surface area contributed by atoms with Gasteiger partial charge in [-0.25, -0.2) is 0 Å². The summed E-state index contributed by atoms with van der Waals surface area (Å²) < 4.78 is 0. The van der Waals surface area contributed by atoms with Crippen molar-refractivity contribution in [3.8, 4) is 0 Å². The maximum atomic E-state index is 4.54. The van der Waals surface area contributed by atoms with Crippen molar-refractivity contribution in [2.24, 2.45) is 0 Å². The maximum absolute atomic E-state index is 4.54. The van der Waals surface area contributed by atoms with Crippen LogP contribution in [0.3, 0.4) is 0 Å². The predicted octanol–water partition coefficient (Wildman–Crippen LogP) is 3.60. The highest BCUT2D eigenvalue weighted by Gasteiger charge is 2.17. The number of pyridine rings is 1. The molecule has 1 aliphatic rings. The zero-order valence-corrected chi connectivity index (χ0v) is 14.8. The van der Waals surface area contributed by atoms with Crippen molar-refractivity contribution in [3.05, 3.63) is 29.6 Å². The molecule has 2 nitrogen and oxygen atoms in total. The molecule has 6 heteroatoms. The van der Waals surface area contributed by atoms with Crippen LogP contribution in [0.5, 0.6) is 0 Å². The minimum Gasteiger partial charge on any atom is -0.295 e. The summed E-state index contributed by atoms with van der Waals surface area (Å²) in [6, 6.07) is 2.21. The molecule has 0 saturated carbocycles. The Morgan fingerprint density at radius 1 is 1.56 bits per heavy atom. The molecule has 0 fully saturated rings. The molecule has 0 saturated heterocycles. The third-order valence-electron chi connectivity index (χ3n) is 3.02. The molecule has 18 heavy (non-hydrogen) atoms. The van der Waals surface area contributed by atoms with Gasteiger partial charge in [0, 0.05) is 24.8 Å². The number of nitrogens with zero attached hydrogens (tertiary/aromatic N) is 2. The zero-order chi connectivity index (χ0) is 13.0. The first-order valence-electron chi connectivity index (χ1n) is 6.14. The predicted molar refractivity (Wildman–Crippen MR) is 93.1 cm³/mol. The Bertz CT molecular complexity index is 436. The Hall–Kier alpha value is 0.570. The van der Waals surface area contributed by atoms with Crippen molar-refractivity contribution < 1.29 is 0 Å². The molecule has 98 valence electrons. The molecule has 0 amide bonds. The van der Waals surface area contributed by atoms with Crippen LogP contribution in [0.2, 0.25) is 0 Å². The van der Waals surface area contributed by atoms with Gasteiger partial charge in [0.15, 0.2) is 0 Å². The van der Waals surface area contributed by atoms with Crippen LogP contribution in [0.1, 0.15) is 24.6 Å². The SMILES string of the molecule is CCCN1CC=Cc2nccc(P(P)PP)c2C1. The van der Waals surface area contributed by atoms with Crippen LogP contribution in [-0.2, 0) is 6.54 Å². The van der Waals surface area contributed by atoms with Gasteiger partial charge in [-0.2, -0.15) is 0 Å². The summed E-state index contributed by atoms with van der Waals surface area (Å²) in [6.07, 6.45) is 7.60. The standard InChI is InChI=1S/C12H20N2P4/c1-2-7-14-8-3-4-11-10(9-14)12(5-6-13-11)18(16)17-15/h3-6,17H,2,7-9,15-16H2,1H3. The van der Waals surface area contributed by atoms with E-state index in [1.54, 1.807) is 0 Å². The van der Waals surface area contributed by atoms with E-state index in [-0.39, 0.29) is 7.30 Å². The largest absolute Gasteiger partial charge is 0.295 e. The van der Waals surface area contributed by atoms with E-state index in [4.69, 9.17) is 0 Å². The lowest BCUT2D eigenvalue weighted by atomic mass is 10.2. The molecule has 0 N–H and O–H groups in total. The molecule has 2 heterocycles. The fraction of sp³-hybridized carbons (Fsp3) is 0.417. The Balaban J connectivity index is 2.35. The van der Waals surface area contributed by atoms with Crippen molar-refractivity contribution in [3.63, 3.8) is 0 Å². The van der Waals surface area contributed by atoms with Crippen LogP contribution in [-0.4, -0.2) is 23.0 Å². The number of aromatic nitrogens is 1. The molecule has 1 aliphatic heterocycles. The van der Waals surface area contributed by atoms with E-state index in [0.29, 0.717) is 0 Å². The van der Waals surface area contributed by atoms with Crippen LogP contribution in [0.4, 0.5) is 0 Å². The van der Waals surface area contributed by atoms with E-state index in [1.807, 2.05) is 6.20 Å². The van der Waals surface area contributed by atoms with Crippen molar-refractivity contribution >= 4 is 44.5 Å². The quantitative estimate of drug-likeness (QED) is 0.789. The smallest absolute Gasteiger partial charge is 0.0678 e. The van der Waals surface area contributed by atoms with E-state index in [2.05, 4.69) is 52.9 Å². The van der Waals surface area contributed by atoms with Crippen LogP contribution < -0.4 is 5.30 Å². The fourth-order valence-corrected chi connectivity index (χ4v) is 6.05. The van der Waals surface area contributed by atoms with Gasteiger partial charge in [0.25, 0.3) is 0 Å². The van der Waals surface area contributed by atoms with Crippen molar-refractivity contribution in [1.82, 2.24) is 9.88 Å². The molecule has 4 unspecified atom stereocenters. The summed E-state index contributed by atoms with van der Waals surface area (Å²) >= 11 is 0. The molecule has 0 radical (unpaired) electrons. The third-order valence-corrected chi connectivity index (χ3v) is 13.2. The van der Waals surface area contributed by atoms with Gasteiger partial charge in [0.05, 0.1) is 5.69 Å². The van der Waals surface area contributed by atoms with Crippen molar-refractivity contribution in [1.29, 1.82) is 0 Å². The topological polar surface area (TPSA) is 16.1 Å². The highest BCUT2D eigenvalue weighted by molar-refractivity contribution is 8.63. The Morgan fingerprint density at radius 3 is 3.11 bits per heavy atom. The molecule has 0 spiro atoms. The average Bonchev–Trinajstić information content (AvgIpc) is 2.59. The van der Waals surface area contributed by atoms with E-state index in [9.17, 15) is 0 Å². The van der Waals surface area contributed by atoms with Gasteiger partial charge in [-0.1, -0.05) is 21.0 Å². The van der Waals surface area contributed by atoms with Crippen LogP contribution in [0, 0.1) is 0 Å². The highest BCUT2D eigenvalue weighted by atomic mass is 32.6. The highest BCUT2D eigenvalue weighted by Crippen LogP contribution is 2.65. The van der Waals surface area contributed by atoms with E-state index >= 15 is 0 Å². The monoisotopic (exact) mass is 316 g/mol. The Labute approximate surface area is 117 Å². The van der Waals surface area contributed by atoms with E-state index in [1.165, 1.54) is 23.0 Å².